The molecule has 1 aromatic heterocycles. The summed E-state index contributed by atoms with van der Waals surface area (Å²) in [5.74, 6) is -0.0465. The molecule has 1 amide bonds. The predicted molar refractivity (Wildman–Crippen MR) is 127 cm³/mol. The summed E-state index contributed by atoms with van der Waals surface area (Å²) in [5.41, 5.74) is 2.94. The van der Waals surface area contributed by atoms with E-state index in [1.54, 1.807) is 12.3 Å². The number of rotatable bonds is 6. The lowest BCUT2D eigenvalue weighted by Gasteiger charge is -2.50. The minimum atomic E-state index is -4.40. The molecule has 4 rings (SSSR count). The van der Waals surface area contributed by atoms with Crippen molar-refractivity contribution in [2.75, 3.05) is 18.5 Å². The molecule has 0 unspecified atom stereocenters. The van der Waals surface area contributed by atoms with Crippen LogP contribution in [0.2, 0.25) is 0 Å². The Bertz CT molecular complexity index is 1070. The number of hydrogen-bond acceptors (Lipinski definition) is 4. The van der Waals surface area contributed by atoms with Crippen LogP contribution < -0.4 is 5.32 Å². The lowest BCUT2D eigenvalue weighted by atomic mass is 9.57. The molecular formula is C27H33F3N2O3. The molecule has 0 aliphatic heterocycles. The van der Waals surface area contributed by atoms with Crippen molar-refractivity contribution in [3.63, 3.8) is 0 Å². The van der Waals surface area contributed by atoms with Gasteiger partial charge in [0.2, 0.25) is 0 Å². The Kier molecular flexibility index (Phi) is 7.25. The summed E-state index contributed by atoms with van der Waals surface area (Å²) in [6.45, 7) is 2.34. The fourth-order valence-corrected chi connectivity index (χ4v) is 6.07. The first-order valence-corrected chi connectivity index (χ1v) is 12.3. The van der Waals surface area contributed by atoms with E-state index in [4.69, 9.17) is 4.74 Å². The number of anilines is 1. The summed E-state index contributed by atoms with van der Waals surface area (Å²) < 4.78 is 42.5. The first kappa shape index (κ1) is 25.6. The first-order valence-electron chi connectivity index (χ1n) is 12.3. The molecule has 2 aromatic rings. The van der Waals surface area contributed by atoms with E-state index in [1.165, 1.54) is 5.56 Å². The number of aryl methyl sites for hydroxylation is 2. The normalized spacial score (nSPS) is 26.4. The number of nitrogens with zero attached hydrogens (tertiary/aromatic N) is 1. The maximum Gasteiger partial charge on any atom is 0.411 e. The third-order valence-corrected chi connectivity index (χ3v) is 7.87. The molecule has 0 radical (unpaired) electrons. The molecule has 35 heavy (non-hydrogen) atoms. The van der Waals surface area contributed by atoms with Gasteiger partial charge in [0.1, 0.15) is 6.61 Å². The zero-order valence-electron chi connectivity index (χ0n) is 20.3. The second-order valence-corrected chi connectivity index (χ2v) is 10.1. The van der Waals surface area contributed by atoms with Crippen LogP contribution in [0, 0.1) is 12.8 Å². The van der Waals surface area contributed by atoms with Crippen LogP contribution in [0.25, 0.3) is 0 Å². The van der Waals surface area contributed by atoms with Crippen molar-refractivity contribution in [3.8, 4) is 0 Å². The fraction of sp³-hybridized carbons (Fsp3) is 0.556. The van der Waals surface area contributed by atoms with Gasteiger partial charge in [0.05, 0.1) is 23.6 Å². The third-order valence-electron chi connectivity index (χ3n) is 7.87. The number of fused-ring (bicyclic) bond motifs is 3. The number of nitrogens with one attached hydrogen (secondary N) is 1. The topological polar surface area (TPSA) is 71.5 Å². The van der Waals surface area contributed by atoms with Crippen LogP contribution in [0.3, 0.4) is 0 Å². The summed E-state index contributed by atoms with van der Waals surface area (Å²) in [7, 11) is 0. The monoisotopic (exact) mass is 490 g/mol. The molecule has 1 saturated carbocycles. The third kappa shape index (κ3) is 5.54. The van der Waals surface area contributed by atoms with Gasteiger partial charge in [-0.25, -0.2) is 0 Å². The molecule has 1 aromatic carbocycles. The Morgan fingerprint density at radius 2 is 2.09 bits per heavy atom. The molecule has 8 heteroatoms. The quantitative estimate of drug-likeness (QED) is 0.542. The van der Waals surface area contributed by atoms with Crippen LogP contribution in [0.4, 0.5) is 18.9 Å². The number of amides is 1. The molecule has 0 saturated heterocycles. The number of aromatic nitrogens is 1. The number of carbonyl (C=O) groups excluding carboxylic acids is 1. The molecule has 5 nitrogen and oxygen atoms in total. The molecule has 0 bridgehead atoms. The molecule has 2 N–H and O–H groups in total. The molecule has 1 fully saturated rings. The number of aliphatic hydroxyl groups is 1. The van der Waals surface area contributed by atoms with Crippen molar-refractivity contribution in [2.45, 2.75) is 76.0 Å². The van der Waals surface area contributed by atoms with Crippen molar-refractivity contribution in [1.82, 2.24) is 4.98 Å². The molecule has 1 heterocycles. The van der Waals surface area contributed by atoms with Gasteiger partial charge in [-0.05, 0) is 98.6 Å². The highest BCUT2D eigenvalue weighted by atomic mass is 19.4. The highest BCUT2D eigenvalue weighted by molar-refractivity contribution is 6.04. The van der Waals surface area contributed by atoms with E-state index >= 15 is 0 Å². The van der Waals surface area contributed by atoms with Gasteiger partial charge in [-0.15, -0.1) is 0 Å². The fourth-order valence-electron chi connectivity index (χ4n) is 6.07. The number of alkyl halides is 3. The number of hydrogen-bond donors (Lipinski definition) is 2. The van der Waals surface area contributed by atoms with Gasteiger partial charge in [-0.2, -0.15) is 13.2 Å². The van der Waals surface area contributed by atoms with E-state index in [9.17, 15) is 23.1 Å². The summed E-state index contributed by atoms with van der Waals surface area (Å²) in [6.07, 6.45) is 2.21. The standard InChI is InChI=1S/C27H33F3N2O3/c1-3-26-12-11-25(34,16-35-17-27(28,29)30)15-21(26)7-4-6-19-14-20(9-10-22(19)26)24(33)32-23-8-5-13-31-18(23)2/h5,8-10,13-14,21,34H,3-4,6-7,11-12,15-17H2,1-2H3,(H,32,33)/t21-,25+,26+/m0/s1. The van der Waals surface area contributed by atoms with E-state index < -0.39 is 18.4 Å². The Morgan fingerprint density at radius 3 is 2.80 bits per heavy atom. The smallest absolute Gasteiger partial charge is 0.387 e. The molecule has 2 aliphatic carbocycles. The first-order chi connectivity index (χ1) is 16.6. The Hall–Kier alpha value is -2.45. The van der Waals surface area contributed by atoms with E-state index in [1.807, 2.05) is 31.2 Å². The van der Waals surface area contributed by atoms with Crippen LogP contribution in [-0.4, -0.2) is 41.0 Å². The zero-order valence-corrected chi connectivity index (χ0v) is 20.3. The van der Waals surface area contributed by atoms with Crippen molar-refractivity contribution in [3.05, 3.63) is 58.9 Å². The van der Waals surface area contributed by atoms with Crippen LogP contribution >= 0.6 is 0 Å². The van der Waals surface area contributed by atoms with E-state index in [-0.39, 0.29) is 23.8 Å². The molecule has 3 atom stereocenters. The molecule has 2 aliphatic rings. The lowest BCUT2D eigenvalue weighted by molar-refractivity contribution is -0.192. The summed E-state index contributed by atoms with van der Waals surface area (Å²) in [5, 5.41) is 14.0. The highest BCUT2D eigenvalue weighted by Crippen LogP contribution is 2.53. The Morgan fingerprint density at radius 1 is 1.29 bits per heavy atom. The van der Waals surface area contributed by atoms with Gasteiger partial charge in [0.25, 0.3) is 5.91 Å². The van der Waals surface area contributed by atoms with Crippen molar-refractivity contribution >= 4 is 11.6 Å². The van der Waals surface area contributed by atoms with E-state index in [0.717, 1.165) is 36.9 Å². The van der Waals surface area contributed by atoms with Gasteiger partial charge < -0.3 is 15.2 Å². The minimum Gasteiger partial charge on any atom is -0.387 e. The number of ether oxygens (including phenoxy) is 1. The lowest BCUT2D eigenvalue weighted by Crippen LogP contribution is -2.50. The average Bonchev–Trinajstić information content (AvgIpc) is 2.95. The maximum absolute atomic E-state index is 13.0. The van der Waals surface area contributed by atoms with Crippen molar-refractivity contribution in [2.24, 2.45) is 5.92 Å². The Balaban J connectivity index is 1.55. The molecule has 190 valence electrons. The molecule has 0 spiro atoms. The number of benzene rings is 1. The summed E-state index contributed by atoms with van der Waals surface area (Å²) in [4.78, 5) is 17.2. The van der Waals surface area contributed by atoms with Crippen LogP contribution in [0.1, 0.15) is 72.6 Å². The van der Waals surface area contributed by atoms with Crippen molar-refractivity contribution in [1.29, 1.82) is 0 Å². The highest BCUT2D eigenvalue weighted by Gasteiger charge is 2.50. The van der Waals surface area contributed by atoms with Gasteiger partial charge in [0, 0.05) is 11.8 Å². The predicted octanol–water partition coefficient (Wildman–Crippen LogP) is 5.74. The second-order valence-electron chi connectivity index (χ2n) is 10.1. The van der Waals surface area contributed by atoms with Gasteiger partial charge in [-0.3, -0.25) is 9.78 Å². The minimum absolute atomic E-state index is 0.139. The van der Waals surface area contributed by atoms with Gasteiger partial charge in [-0.1, -0.05) is 13.0 Å². The SMILES string of the molecule is CC[C@@]12CC[C@](O)(COCC(F)(F)F)C[C@@H]1CCCc1cc(C(=O)Nc3cccnc3C)ccc12. The van der Waals surface area contributed by atoms with Gasteiger partial charge in [0.15, 0.2) is 0 Å². The largest absolute Gasteiger partial charge is 0.411 e. The number of carbonyl (C=O) groups is 1. The number of pyridine rings is 1. The van der Waals surface area contributed by atoms with Crippen LogP contribution in [0.5, 0.6) is 0 Å². The van der Waals surface area contributed by atoms with Crippen LogP contribution in [0.15, 0.2) is 36.5 Å². The summed E-state index contributed by atoms with van der Waals surface area (Å²) in [6, 6.07) is 9.48. The van der Waals surface area contributed by atoms with E-state index in [2.05, 4.69) is 17.2 Å². The maximum atomic E-state index is 13.0. The van der Waals surface area contributed by atoms with Crippen LogP contribution in [-0.2, 0) is 16.6 Å². The molecular weight excluding hydrogens is 457 g/mol. The number of halogens is 3. The average molecular weight is 491 g/mol. The Labute approximate surface area is 204 Å². The van der Waals surface area contributed by atoms with E-state index in [0.29, 0.717) is 30.5 Å². The zero-order chi connectivity index (χ0) is 25.3. The summed E-state index contributed by atoms with van der Waals surface area (Å²) >= 11 is 0. The van der Waals surface area contributed by atoms with Crippen molar-refractivity contribution < 1.29 is 27.8 Å². The second kappa shape index (κ2) is 9.90. The van der Waals surface area contributed by atoms with Gasteiger partial charge >= 0.3 is 6.18 Å².